The van der Waals surface area contributed by atoms with Crippen LogP contribution in [0.4, 0.5) is 11.8 Å². The highest BCUT2D eigenvalue weighted by Gasteiger charge is 2.30. The van der Waals surface area contributed by atoms with E-state index < -0.39 is 17.5 Å². The minimum Gasteiger partial charge on any atom is -0.496 e. The molecule has 8 heteroatoms. The molecule has 1 heterocycles. The van der Waals surface area contributed by atoms with Crippen molar-refractivity contribution in [2.75, 3.05) is 31.4 Å². The van der Waals surface area contributed by atoms with Crippen LogP contribution in [0.25, 0.3) is 5.69 Å². The van der Waals surface area contributed by atoms with Gasteiger partial charge >= 0.3 is 5.97 Å². The third kappa shape index (κ3) is 4.91. The quantitative estimate of drug-likeness (QED) is 0.584. The van der Waals surface area contributed by atoms with Gasteiger partial charge in [0.05, 0.1) is 12.7 Å². The molecule has 1 aromatic heterocycles. The van der Waals surface area contributed by atoms with Gasteiger partial charge in [-0.1, -0.05) is 30.3 Å². The molecule has 0 saturated carbocycles. The Morgan fingerprint density at radius 2 is 1.62 bits per heavy atom. The van der Waals surface area contributed by atoms with Gasteiger partial charge in [0.1, 0.15) is 11.4 Å². The predicted octanol–water partition coefficient (Wildman–Crippen LogP) is 4.15. The van der Waals surface area contributed by atoms with Crippen LogP contribution < -0.4 is 15.0 Å². The third-order valence-electron chi connectivity index (χ3n) is 4.45. The summed E-state index contributed by atoms with van der Waals surface area (Å²) < 4.78 is 12.6. The molecule has 1 amide bonds. The lowest BCUT2D eigenvalue weighted by atomic mass is 10.2. The van der Waals surface area contributed by atoms with Crippen LogP contribution in [0.5, 0.6) is 5.75 Å². The van der Waals surface area contributed by atoms with Gasteiger partial charge < -0.3 is 19.7 Å². The van der Waals surface area contributed by atoms with Gasteiger partial charge in [-0.05, 0) is 45.0 Å². The summed E-state index contributed by atoms with van der Waals surface area (Å²) in [5.74, 6) is -0.0678. The molecule has 0 aliphatic carbocycles. The van der Waals surface area contributed by atoms with Crippen LogP contribution in [0.2, 0.25) is 0 Å². The first-order valence-electron chi connectivity index (χ1n) is 10.2. The number of ether oxygens (including phenoxy) is 2. The number of imidazole rings is 1. The number of esters is 1. The molecule has 0 spiro atoms. The van der Waals surface area contributed by atoms with Crippen molar-refractivity contribution in [1.82, 2.24) is 9.55 Å². The molecule has 3 rings (SSSR count). The first-order chi connectivity index (χ1) is 15.1. The van der Waals surface area contributed by atoms with Gasteiger partial charge in [0.25, 0.3) is 5.91 Å². The average molecular weight is 437 g/mol. The summed E-state index contributed by atoms with van der Waals surface area (Å²) >= 11 is 0. The van der Waals surface area contributed by atoms with Crippen molar-refractivity contribution in [3.63, 3.8) is 0 Å². The SMILES string of the molecule is COc1ccccc1C(=O)Nc1nc(N(C)C)n(-c2ccccc2)c1C(=O)OC(C)(C)C. The van der Waals surface area contributed by atoms with E-state index in [1.165, 1.54) is 7.11 Å². The number of methoxy groups -OCH3 is 1. The Balaban J connectivity index is 2.16. The molecular weight excluding hydrogens is 408 g/mol. The second-order valence-corrected chi connectivity index (χ2v) is 8.33. The maximum atomic E-state index is 13.3. The topological polar surface area (TPSA) is 85.7 Å². The van der Waals surface area contributed by atoms with Crippen molar-refractivity contribution in [3.05, 3.63) is 65.9 Å². The van der Waals surface area contributed by atoms with Gasteiger partial charge in [0.2, 0.25) is 5.95 Å². The number of aromatic nitrogens is 2. The number of carbonyl (C=O) groups excluding carboxylic acids is 2. The molecule has 0 bridgehead atoms. The number of nitrogens with zero attached hydrogens (tertiary/aromatic N) is 3. The number of nitrogens with one attached hydrogen (secondary N) is 1. The number of hydrogen-bond acceptors (Lipinski definition) is 6. The Morgan fingerprint density at radius 1 is 1.00 bits per heavy atom. The molecule has 1 N–H and O–H groups in total. The highest BCUT2D eigenvalue weighted by atomic mass is 16.6. The smallest absolute Gasteiger partial charge is 0.359 e. The van der Waals surface area contributed by atoms with Gasteiger partial charge in [-0.25, -0.2) is 4.79 Å². The van der Waals surface area contributed by atoms with Crippen molar-refractivity contribution in [3.8, 4) is 11.4 Å². The number of rotatable bonds is 6. The fourth-order valence-electron chi connectivity index (χ4n) is 3.14. The minimum absolute atomic E-state index is 0.0997. The Kier molecular flexibility index (Phi) is 6.53. The van der Waals surface area contributed by atoms with Crippen molar-refractivity contribution >= 4 is 23.6 Å². The molecule has 0 fully saturated rings. The van der Waals surface area contributed by atoms with E-state index in [9.17, 15) is 9.59 Å². The van der Waals surface area contributed by atoms with Crippen LogP contribution in [0.3, 0.4) is 0 Å². The second kappa shape index (κ2) is 9.13. The van der Waals surface area contributed by atoms with Gasteiger partial charge in [-0.2, -0.15) is 4.98 Å². The Labute approximate surface area is 187 Å². The average Bonchev–Trinajstić information content (AvgIpc) is 3.12. The fourth-order valence-corrected chi connectivity index (χ4v) is 3.14. The Hall–Kier alpha value is -3.81. The van der Waals surface area contributed by atoms with Crippen LogP contribution in [0.1, 0.15) is 41.6 Å². The summed E-state index contributed by atoms with van der Waals surface area (Å²) in [6, 6.07) is 16.2. The van der Waals surface area contributed by atoms with E-state index in [0.29, 0.717) is 22.9 Å². The van der Waals surface area contributed by atoms with E-state index in [0.717, 1.165) is 0 Å². The number of amides is 1. The summed E-state index contributed by atoms with van der Waals surface area (Å²) in [5.41, 5.74) is 0.427. The zero-order valence-corrected chi connectivity index (χ0v) is 19.2. The lowest BCUT2D eigenvalue weighted by Gasteiger charge is -2.21. The third-order valence-corrected chi connectivity index (χ3v) is 4.45. The van der Waals surface area contributed by atoms with Crippen molar-refractivity contribution in [2.45, 2.75) is 26.4 Å². The van der Waals surface area contributed by atoms with Crippen molar-refractivity contribution in [1.29, 1.82) is 0 Å². The number of hydrogen-bond donors (Lipinski definition) is 1. The Bertz CT molecular complexity index is 1110. The monoisotopic (exact) mass is 436 g/mol. The molecule has 0 aliphatic heterocycles. The number of anilines is 2. The molecule has 0 unspecified atom stereocenters. The van der Waals surface area contributed by atoms with E-state index in [1.54, 1.807) is 54.5 Å². The maximum Gasteiger partial charge on any atom is 0.359 e. The highest BCUT2D eigenvalue weighted by molar-refractivity contribution is 6.08. The summed E-state index contributed by atoms with van der Waals surface area (Å²) in [6.45, 7) is 5.36. The van der Waals surface area contributed by atoms with Crippen LogP contribution >= 0.6 is 0 Å². The zero-order valence-electron chi connectivity index (χ0n) is 19.2. The normalized spacial score (nSPS) is 11.1. The number of benzene rings is 2. The van der Waals surface area contributed by atoms with E-state index in [4.69, 9.17) is 9.47 Å². The van der Waals surface area contributed by atoms with Crippen LogP contribution in [0, 0.1) is 0 Å². The molecular formula is C24H28N4O4. The standard InChI is InChI=1S/C24H28N4O4/c1-24(2,3)32-22(30)19-20(25-21(29)17-14-10-11-15-18(17)31-6)26-23(27(4)5)28(19)16-12-8-7-9-13-16/h7-15H,1-6H3,(H,25,29). The summed E-state index contributed by atoms with van der Waals surface area (Å²) in [6.07, 6.45) is 0. The Morgan fingerprint density at radius 3 is 2.22 bits per heavy atom. The number of para-hydroxylation sites is 2. The highest BCUT2D eigenvalue weighted by Crippen LogP contribution is 2.30. The molecule has 168 valence electrons. The first kappa shape index (κ1) is 22.9. The summed E-state index contributed by atoms with van der Waals surface area (Å²) in [4.78, 5) is 32.7. The maximum absolute atomic E-state index is 13.3. The van der Waals surface area contributed by atoms with Crippen LogP contribution in [-0.2, 0) is 4.74 Å². The summed E-state index contributed by atoms with van der Waals surface area (Å²) in [7, 11) is 5.12. The molecule has 0 saturated heterocycles. The molecule has 8 nitrogen and oxygen atoms in total. The molecule has 3 aromatic rings. The van der Waals surface area contributed by atoms with Gasteiger partial charge in [-0.3, -0.25) is 9.36 Å². The van der Waals surface area contributed by atoms with E-state index >= 15 is 0 Å². The molecule has 2 aromatic carbocycles. The summed E-state index contributed by atoms with van der Waals surface area (Å²) in [5, 5.41) is 2.78. The van der Waals surface area contributed by atoms with Gasteiger partial charge in [-0.15, -0.1) is 0 Å². The lowest BCUT2D eigenvalue weighted by Crippen LogP contribution is -2.27. The van der Waals surface area contributed by atoms with Crippen LogP contribution in [-0.4, -0.2) is 48.2 Å². The second-order valence-electron chi connectivity index (χ2n) is 8.33. The number of carbonyl (C=O) groups is 2. The first-order valence-corrected chi connectivity index (χ1v) is 10.2. The van der Waals surface area contributed by atoms with E-state index in [-0.39, 0.29) is 11.5 Å². The minimum atomic E-state index is -0.731. The van der Waals surface area contributed by atoms with Crippen LogP contribution in [0.15, 0.2) is 54.6 Å². The molecule has 0 aliphatic rings. The predicted molar refractivity (Wildman–Crippen MR) is 124 cm³/mol. The van der Waals surface area contributed by atoms with E-state index in [1.807, 2.05) is 44.4 Å². The van der Waals surface area contributed by atoms with Gasteiger partial charge in [0, 0.05) is 19.8 Å². The largest absolute Gasteiger partial charge is 0.496 e. The van der Waals surface area contributed by atoms with E-state index in [2.05, 4.69) is 10.3 Å². The lowest BCUT2D eigenvalue weighted by molar-refractivity contribution is 0.00619. The molecule has 0 radical (unpaired) electrons. The zero-order chi connectivity index (χ0) is 23.5. The van der Waals surface area contributed by atoms with Crippen molar-refractivity contribution < 1.29 is 19.1 Å². The molecule has 0 atom stereocenters. The fraction of sp³-hybridized carbons (Fsp3) is 0.292. The molecule has 32 heavy (non-hydrogen) atoms. The van der Waals surface area contributed by atoms with Crippen molar-refractivity contribution in [2.24, 2.45) is 0 Å². The van der Waals surface area contributed by atoms with Gasteiger partial charge in [0.15, 0.2) is 11.5 Å².